The Hall–Kier alpha value is -1.59. The summed E-state index contributed by atoms with van der Waals surface area (Å²) in [5.74, 6) is 0.803. The summed E-state index contributed by atoms with van der Waals surface area (Å²) >= 11 is 11.6. The number of anilines is 1. The minimum absolute atomic E-state index is 0.631. The fourth-order valence-electron chi connectivity index (χ4n) is 4.20. The maximum Gasteiger partial charge on any atom is 0.204 e. The standard InChI is InChI=1S/C28H45ClN4S/c1-2-3-4-5-6-7-8-9-10-11-12-13-14-15-16-17-21-30-27-31-22-23-33(27)28(34)32-26-20-18-19-25(29)24-26/h17-21,24H,2-16,22-23H2,1H3,(H,30,31)(H,32,34)/b21-17+. The third kappa shape index (κ3) is 12.8. The van der Waals surface area contributed by atoms with Gasteiger partial charge in [-0.3, -0.25) is 9.89 Å². The van der Waals surface area contributed by atoms with Crippen molar-refractivity contribution in [1.29, 1.82) is 0 Å². The molecule has 0 saturated carbocycles. The molecule has 0 unspecified atom stereocenters. The molecular formula is C28H45ClN4S. The van der Waals surface area contributed by atoms with Crippen LogP contribution in [0.4, 0.5) is 5.69 Å². The van der Waals surface area contributed by atoms with E-state index in [1.54, 1.807) is 0 Å². The first kappa shape index (κ1) is 28.6. The fraction of sp³-hybridized carbons (Fsp3) is 0.643. The van der Waals surface area contributed by atoms with Gasteiger partial charge in [-0.25, -0.2) is 0 Å². The monoisotopic (exact) mass is 504 g/mol. The van der Waals surface area contributed by atoms with Gasteiger partial charge in [-0.15, -0.1) is 0 Å². The van der Waals surface area contributed by atoms with Crippen molar-refractivity contribution < 1.29 is 0 Å². The molecule has 0 spiro atoms. The quantitative estimate of drug-likeness (QED) is 0.164. The molecule has 1 aromatic carbocycles. The first-order valence-corrected chi connectivity index (χ1v) is 14.3. The Balaban J connectivity index is 1.44. The van der Waals surface area contributed by atoms with E-state index in [2.05, 4.69) is 28.6 Å². The van der Waals surface area contributed by atoms with Gasteiger partial charge < -0.3 is 10.6 Å². The Morgan fingerprint density at radius 1 is 0.971 bits per heavy atom. The topological polar surface area (TPSA) is 39.7 Å². The van der Waals surface area contributed by atoms with Gasteiger partial charge in [-0.2, -0.15) is 0 Å². The zero-order valence-electron chi connectivity index (χ0n) is 21.2. The summed E-state index contributed by atoms with van der Waals surface area (Å²) in [5, 5.41) is 7.86. The van der Waals surface area contributed by atoms with E-state index < -0.39 is 0 Å². The molecule has 2 N–H and O–H groups in total. The van der Waals surface area contributed by atoms with E-state index in [0.717, 1.165) is 31.2 Å². The first-order valence-electron chi connectivity index (χ1n) is 13.5. The summed E-state index contributed by atoms with van der Waals surface area (Å²) in [6.07, 6.45) is 24.9. The SMILES string of the molecule is CCCCCCCCCCCCCCCC/C=C/NC1=NCCN1C(=S)Nc1cccc(Cl)c1. The van der Waals surface area contributed by atoms with Crippen LogP contribution in [0.25, 0.3) is 0 Å². The first-order chi connectivity index (χ1) is 16.7. The van der Waals surface area contributed by atoms with E-state index in [4.69, 9.17) is 23.8 Å². The molecule has 1 heterocycles. The lowest BCUT2D eigenvalue weighted by atomic mass is 10.0. The number of rotatable bonds is 17. The molecule has 4 nitrogen and oxygen atoms in total. The maximum absolute atomic E-state index is 6.06. The number of hydrogen-bond donors (Lipinski definition) is 2. The molecule has 0 saturated heterocycles. The lowest BCUT2D eigenvalue weighted by Gasteiger charge is -2.21. The molecule has 1 aromatic rings. The number of guanidine groups is 1. The number of thiocarbonyl (C=S) groups is 1. The van der Waals surface area contributed by atoms with Crippen molar-refractivity contribution in [1.82, 2.24) is 10.2 Å². The molecule has 2 rings (SSSR count). The summed E-state index contributed by atoms with van der Waals surface area (Å²) in [6.45, 7) is 3.81. The molecule has 1 aliphatic rings. The summed E-state index contributed by atoms with van der Waals surface area (Å²) < 4.78 is 0. The van der Waals surface area contributed by atoms with Gasteiger partial charge in [0.15, 0.2) is 5.11 Å². The van der Waals surface area contributed by atoms with E-state index in [1.165, 1.54) is 89.9 Å². The minimum atomic E-state index is 0.631. The van der Waals surface area contributed by atoms with E-state index in [-0.39, 0.29) is 0 Å². The highest BCUT2D eigenvalue weighted by Crippen LogP contribution is 2.16. The number of allylic oxidation sites excluding steroid dienone is 1. The summed E-state index contributed by atoms with van der Waals surface area (Å²) in [6, 6.07) is 7.58. The number of halogens is 1. The van der Waals surface area contributed by atoms with Crippen molar-refractivity contribution in [2.45, 2.75) is 103 Å². The molecule has 0 aliphatic carbocycles. The Labute approximate surface area is 218 Å². The van der Waals surface area contributed by atoms with Crippen LogP contribution in [-0.2, 0) is 0 Å². The fourth-order valence-corrected chi connectivity index (χ4v) is 4.69. The molecule has 0 atom stereocenters. The molecule has 6 heteroatoms. The molecule has 34 heavy (non-hydrogen) atoms. The Kier molecular flexibility index (Phi) is 15.8. The van der Waals surface area contributed by atoms with Crippen LogP contribution >= 0.6 is 23.8 Å². The molecular weight excluding hydrogens is 460 g/mol. The third-order valence-corrected chi connectivity index (χ3v) is 6.77. The Morgan fingerprint density at radius 3 is 2.21 bits per heavy atom. The Morgan fingerprint density at radius 2 is 1.59 bits per heavy atom. The number of unbranched alkanes of at least 4 members (excludes halogenated alkanes) is 14. The second kappa shape index (κ2) is 18.7. The van der Waals surface area contributed by atoms with Crippen LogP contribution in [0.15, 0.2) is 41.5 Å². The number of hydrogen-bond acceptors (Lipinski definition) is 3. The average Bonchev–Trinajstić information content (AvgIpc) is 3.30. The second-order valence-electron chi connectivity index (χ2n) is 9.23. The molecule has 0 fully saturated rings. The molecule has 0 aromatic heterocycles. The van der Waals surface area contributed by atoms with E-state index in [9.17, 15) is 0 Å². The van der Waals surface area contributed by atoms with Crippen LogP contribution in [0.5, 0.6) is 0 Å². The lowest BCUT2D eigenvalue weighted by molar-refractivity contribution is 0.536. The summed E-state index contributed by atoms with van der Waals surface area (Å²) in [7, 11) is 0. The van der Waals surface area contributed by atoms with Crippen LogP contribution in [0.1, 0.15) is 103 Å². The highest BCUT2D eigenvalue weighted by molar-refractivity contribution is 7.80. The van der Waals surface area contributed by atoms with Crippen molar-refractivity contribution in [3.63, 3.8) is 0 Å². The predicted molar refractivity (Wildman–Crippen MR) is 154 cm³/mol. The van der Waals surface area contributed by atoms with Gasteiger partial charge in [0.05, 0.1) is 6.54 Å². The summed E-state index contributed by atoms with van der Waals surface area (Å²) in [4.78, 5) is 6.53. The molecule has 0 radical (unpaired) electrons. The van der Waals surface area contributed by atoms with Gasteiger partial charge in [-0.05, 0) is 49.5 Å². The van der Waals surface area contributed by atoms with Crippen molar-refractivity contribution in [2.24, 2.45) is 4.99 Å². The molecule has 1 aliphatic heterocycles. The van der Waals surface area contributed by atoms with Crippen molar-refractivity contribution >= 4 is 40.6 Å². The number of nitrogens with zero attached hydrogens (tertiary/aromatic N) is 2. The maximum atomic E-state index is 6.06. The van der Waals surface area contributed by atoms with Crippen LogP contribution in [-0.4, -0.2) is 29.1 Å². The average molecular weight is 505 g/mol. The zero-order chi connectivity index (χ0) is 24.3. The second-order valence-corrected chi connectivity index (χ2v) is 10.1. The van der Waals surface area contributed by atoms with Gasteiger partial charge in [0.25, 0.3) is 0 Å². The number of nitrogens with one attached hydrogen (secondary N) is 2. The largest absolute Gasteiger partial charge is 0.333 e. The van der Waals surface area contributed by atoms with E-state index in [0.29, 0.717) is 10.1 Å². The lowest BCUT2D eigenvalue weighted by Crippen LogP contribution is -2.42. The third-order valence-electron chi connectivity index (χ3n) is 6.22. The van der Waals surface area contributed by atoms with E-state index >= 15 is 0 Å². The highest BCUT2D eigenvalue weighted by atomic mass is 35.5. The van der Waals surface area contributed by atoms with E-state index in [1.807, 2.05) is 35.4 Å². The minimum Gasteiger partial charge on any atom is -0.333 e. The number of aliphatic imine (C=N–C) groups is 1. The van der Waals surface area contributed by atoms with Crippen LogP contribution < -0.4 is 10.6 Å². The van der Waals surface area contributed by atoms with Gasteiger partial charge in [0.2, 0.25) is 5.96 Å². The van der Waals surface area contributed by atoms with Crippen LogP contribution in [0, 0.1) is 0 Å². The number of benzene rings is 1. The molecule has 0 bridgehead atoms. The van der Waals surface area contributed by atoms with Crippen molar-refractivity contribution in [3.05, 3.63) is 41.6 Å². The Bertz CT molecular complexity index is 750. The molecule has 0 amide bonds. The van der Waals surface area contributed by atoms with Crippen molar-refractivity contribution in [3.8, 4) is 0 Å². The smallest absolute Gasteiger partial charge is 0.204 e. The van der Waals surface area contributed by atoms with Crippen molar-refractivity contribution in [2.75, 3.05) is 18.4 Å². The summed E-state index contributed by atoms with van der Waals surface area (Å²) in [5.41, 5.74) is 0.886. The van der Waals surface area contributed by atoms with Crippen LogP contribution in [0.3, 0.4) is 0 Å². The predicted octanol–water partition coefficient (Wildman–Crippen LogP) is 8.68. The van der Waals surface area contributed by atoms with Gasteiger partial charge in [0, 0.05) is 17.3 Å². The zero-order valence-corrected chi connectivity index (χ0v) is 22.7. The van der Waals surface area contributed by atoms with Gasteiger partial charge in [-0.1, -0.05) is 114 Å². The van der Waals surface area contributed by atoms with Gasteiger partial charge >= 0.3 is 0 Å². The van der Waals surface area contributed by atoms with Gasteiger partial charge in [0.1, 0.15) is 0 Å². The van der Waals surface area contributed by atoms with Crippen LogP contribution in [0.2, 0.25) is 5.02 Å². The highest BCUT2D eigenvalue weighted by Gasteiger charge is 2.20. The normalized spacial score (nSPS) is 13.5. The molecule has 190 valence electrons.